The minimum absolute atomic E-state index is 0.329. The van der Waals surface area contributed by atoms with Gasteiger partial charge in [0.1, 0.15) is 0 Å². The number of carbonyl (C=O) groups excluding carboxylic acids is 1. The van der Waals surface area contributed by atoms with E-state index in [-0.39, 0.29) is 5.69 Å². The van der Waals surface area contributed by atoms with Crippen LogP contribution in [0.4, 0.5) is 54.0 Å². The molecule has 170 valence electrons. The van der Waals surface area contributed by atoms with Crippen molar-refractivity contribution < 1.29 is 58.2 Å². The molecule has 1 aromatic carbocycles. The Morgan fingerprint density at radius 2 is 1.42 bits per heavy atom. The second-order valence-electron chi connectivity index (χ2n) is 6.20. The molecule has 0 bridgehead atoms. The quantitative estimate of drug-likeness (QED) is 0.253. The molecule has 1 aliphatic rings. The summed E-state index contributed by atoms with van der Waals surface area (Å²) in [6.45, 7) is 6.70. The summed E-state index contributed by atoms with van der Waals surface area (Å²) in [6.07, 6.45) is -8.43. The maximum absolute atomic E-state index is 14.0. The first-order chi connectivity index (χ1) is 13.8. The lowest BCUT2D eigenvalue weighted by Crippen LogP contribution is -2.64. The Kier molecular flexibility index (Phi) is 5.35. The fourth-order valence-electron chi connectivity index (χ4n) is 2.93. The van der Waals surface area contributed by atoms with Crippen LogP contribution in [0.3, 0.4) is 0 Å². The minimum atomic E-state index is -7.36. The molecule has 1 aliphatic carbocycles. The lowest BCUT2D eigenvalue weighted by atomic mass is 9.74. The zero-order valence-electron chi connectivity index (χ0n) is 14.1. The molecule has 31 heavy (non-hydrogen) atoms. The summed E-state index contributed by atoms with van der Waals surface area (Å²) in [5.74, 6) is -35.1. The monoisotopic (exact) mass is 486 g/mol. The Bertz CT molecular complexity index is 982. The number of alkyl halides is 11. The number of hydrogen-bond acceptors (Lipinski definition) is 2. The lowest BCUT2D eigenvalue weighted by Gasteiger charge is -2.37. The van der Waals surface area contributed by atoms with Gasteiger partial charge in [0.05, 0.1) is 6.57 Å². The topological polar surface area (TPSA) is 44.5 Å². The first kappa shape index (κ1) is 24.7. The van der Waals surface area contributed by atoms with Gasteiger partial charge >= 0.3 is 29.9 Å². The number of carbonyl (C=O) groups is 1. The van der Waals surface area contributed by atoms with Crippen LogP contribution in [0.15, 0.2) is 24.3 Å². The molecular weight excluding hydrogens is 483 g/mol. The van der Waals surface area contributed by atoms with Crippen LogP contribution in [0.5, 0.6) is 0 Å². The van der Waals surface area contributed by atoms with E-state index in [1.807, 2.05) is 0 Å². The first-order valence-electron chi connectivity index (χ1n) is 7.44. The summed E-state index contributed by atoms with van der Waals surface area (Å²) in [5, 5.41) is 11.4. The molecular formula is C16H4ClF11NO2-. The third kappa shape index (κ3) is 2.74. The van der Waals surface area contributed by atoms with Gasteiger partial charge in [-0.3, -0.25) is 4.79 Å². The van der Waals surface area contributed by atoms with Gasteiger partial charge in [-0.05, 0) is 17.7 Å². The molecule has 0 heterocycles. The van der Waals surface area contributed by atoms with Crippen molar-refractivity contribution in [1.29, 1.82) is 0 Å². The van der Waals surface area contributed by atoms with Gasteiger partial charge in [0.25, 0.3) is 5.41 Å². The fourth-order valence-corrected chi connectivity index (χ4v) is 3.15. The Hall–Kier alpha value is -2.56. The van der Waals surface area contributed by atoms with Gasteiger partial charge in [-0.1, -0.05) is 29.5 Å². The Balaban J connectivity index is 2.81. The molecule has 0 saturated heterocycles. The van der Waals surface area contributed by atoms with Crippen LogP contribution < -0.4 is 5.11 Å². The minimum Gasteiger partial charge on any atom is -0.872 e. The second-order valence-corrected chi connectivity index (χ2v) is 6.60. The number of allylic oxidation sites excluding steroid dienone is 1. The molecule has 0 radical (unpaired) electrons. The Morgan fingerprint density at radius 3 is 1.77 bits per heavy atom. The highest BCUT2D eigenvalue weighted by atomic mass is 35.5. The van der Waals surface area contributed by atoms with Gasteiger partial charge in [-0.2, -0.15) is 48.3 Å². The van der Waals surface area contributed by atoms with E-state index < -0.39 is 63.5 Å². The van der Waals surface area contributed by atoms with Gasteiger partial charge < -0.3 is 5.11 Å². The van der Waals surface area contributed by atoms with Gasteiger partial charge in [0, 0.05) is 5.02 Å². The number of benzene rings is 1. The van der Waals surface area contributed by atoms with Gasteiger partial charge in [0.2, 0.25) is 5.69 Å². The average Bonchev–Trinajstić information content (AvgIpc) is 2.65. The van der Waals surface area contributed by atoms with Gasteiger partial charge in [0.15, 0.2) is 5.78 Å². The van der Waals surface area contributed by atoms with Crippen LogP contribution >= 0.6 is 11.6 Å². The smallest absolute Gasteiger partial charge is 0.414 e. The highest BCUT2D eigenvalue weighted by Crippen LogP contribution is 2.75. The standard InChI is InChI=1S/C16H5ClF11NO2/c1-29-8-3-2-6(4-7(8)17)9(30)5-10(31)11(16(26,27)28)12(18,19)14(22,23)15(24,25)13(11,20)21/h2-5,30H/p-1/b9-5-. The zero-order chi connectivity index (χ0) is 24.4. The molecule has 0 unspecified atom stereocenters. The van der Waals surface area contributed by atoms with Crippen molar-refractivity contribution in [3.8, 4) is 0 Å². The van der Waals surface area contributed by atoms with Crippen molar-refractivity contribution in [3.05, 3.63) is 46.3 Å². The molecule has 0 amide bonds. The Morgan fingerprint density at radius 1 is 0.968 bits per heavy atom. The summed E-state index contributed by atoms with van der Waals surface area (Å²) in [7, 11) is 0. The van der Waals surface area contributed by atoms with E-state index in [0.29, 0.717) is 12.1 Å². The van der Waals surface area contributed by atoms with Crippen molar-refractivity contribution in [2.24, 2.45) is 5.41 Å². The van der Waals surface area contributed by atoms with E-state index >= 15 is 0 Å². The molecule has 0 N–H and O–H groups in total. The van der Waals surface area contributed by atoms with Crippen LogP contribution in [-0.4, -0.2) is 35.6 Å². The summed E-state index contributed by atoms with van der Waals surface area (Å²) in [6, 6.07) is 1.90. The van der Waals surface area contributed by atoms with Crippen molar-refractivity contribution in [2.75, 3.05) is 0 Å². The normalized spacial score (nSPS) is 23.3. The van der Waals surface area contributed by atoms with Crippen LogP contribution in [0.1, 0.15) is 5.56 Å². The highest BCUT2D eigenvalue weighted by Gasteiger charge is 3.06. The lowest BCUT2D eigenvalue weighted by molar-refractivity contribution is -0.341. The van der Waals surface area contributed by atoms with E-state index in [2.05, 4.69) is 4.85 Å². The zero-order valence-corrected chi connectivity index (χ0v) is 14.9. The molecule has 1 saturated carbocycles. The van der Waals surface area contributed by atoms with Crippen LogP contribution in [0, 0.1) is 12.0 Å². The number of ketones is 1. The van der Waals surface area contributed by atoms with Crippen LogP contribution in [0.25, 0.3) is 10.6 Å². The summed E-state index contributed by atoms with van der Waals surface area (Å²) in [5.41, 5.74) is -8.20. The number of hydrogen-bond donors (Lipinski definition) is 0. The predicted octanol–water partition coefficient (Wildman–Crippen LogP) is 5.26. The second kappa shape index (κ2) is 6.72. The van der Waals surface area contributed by atoms with E-state index in [4.69, 9.17) is 18.2 Å². The van der Waals surface area contributed by atoms with Gasteiger partial charge in [-0.25, -0.2) is 4.85 Å². The van der Waals surface area contributed by atoms with E-state index in [9.17, 15) is 58.2 Å². The molecule has 1 fully saturated rings. The first-order valence-corrected chi connectivity index (χ1v) is 7.82. The molecule has 15 heteroatoms. The fraction of sp³-hybridized carbons (Fsp3) is 0.375. The maximum atomic E-state index is 14.0. The van der Waals surface area contributed by atoms with Crippen molar-refractivity contribution in [2.45, 2.75) is 29.9 Å². The largest absolute Gasteiger partial charge is 0.872 e. The molecule has 1 aromatic rings. The third-order valence-corrected chi connectivity index (χ3v) is 4.84. The third-order valence-electron chi connectivity index (χ3n) is 4.53. The van der Waals surface area contributed by atoms with Crippen molar-refractivity contribution in [1.82, 2.24) is 0 Å². The number of halogens is 12. The molecule has 0 aliphatic heterocycles. The van der Waals surface area contributed by atoms with E-state index in [1.165, 1.54) is 0 Å². The SMILES string of the molecule is [C-]#[N+]c1ccc(/C([O-])=C/C(=O)C2(C(F)(F)F)C(F)(F)C(F)(F)C(F)(F)C2(F)F)cc1Cl. The predicted molar refractivity (Wildman–Crippen MR) is 79.0 cm³/mol. The van der Waals surface area contributed by atoms with Crippen molar-refractivity contribution in [3.63, 3.8) is 0 Å². The number of nitrogens with zero attached hydrogens (tertiary/aromatic N) is 1. The molecule has 2 rings (SSSR count). The summed E-state index contributed by atoms with van der Waals surface area (Å²) in [4.78, 5) is 14.7. The van der Waals surface area contributed by atoms with Gasteiger partial charge in [-0.15, -0.1) is 0 Å². The van der Waals surface area contributed by atoms with E-state index in [0.717, 1.165) is 6.07 Å². The Labute approximate surface area is 169 Å². The van der Waals surface area contributed by atoms with Crippen LogP contribution in [0.2, 0.25) is 5.02 Å². The highest BCUT2D eigenvalue weighted by molar-refractivity contribution is 6.33. The van der Waals surface area contributed by atoms with Crippen LogP contribution in [-0.2, 0) is 4.79 Å². The van der Waals surface area contributed by atoms with Crippen molar-refractivity contribution >= 4 is 28.8 Å². The summed E-state index contributed by atoms with van der Waals surface area (Å²) < 4.78 is 149. The summed E-state index contributed by atoms with van der Waals surface area (Å²) >= 11 is 5.52. The molecule has 3 nitrogen and oxygen atoms in total. The molecule has 0 atom stereocenters. The molecule has 0 spiro atoms. The number of rotatable bonds is 3. The average molecular weight is 487 g/mol. The maximum Gasteiger partial charge on any atom is 0.414 e. The van der Waals surface area contributed by atoms with E-state index in [1.54, 1.807) is 0 Å². The molecule has 0 aromatic heterocycles.